The fourth-order valence-corrected chi connectivity index (χ4v) is 4.34. The van der Waals surface area contributed by atoms with Crippen molar-refractivity contribution in [3.8, 4) is 0 Å². The van der Waals surface area contributed by atoms with Crippen LogP contribution in [0.25, 0.3) is 0 Å². The Balaban J connectivity index is 1.70. The summed E-state index contributed by atoms with van der Waals surface area (Å²) in [6, 6.07) is 0. The molecule has 1 aliphatic heterocycles. The van der Waals surface area contributed by atoms with Crippen LogP contribution in [0, 0.1) is 23.7 Å². The third kappa shape index (κ3) is 6.19. The molecule has 2 aliphatic rings. The van der Waals surface area contributed by atoms with Crippen LogP contribution in [0.3, 0.4) is 0 Å². The van der Waals surface area contributed by atoms with E-state index in [4.69, 9.17) is 0 Å². The van der Waals surface area contributed by atoms with Gasteiger partial charge in [0.2, 0.25) is 5.91 Å². The summed E-state index contributed by atoms with van der Waals surface area (Å²) in [4.78, 5) is 18.4. The van der Waals surface area contributed by atoms with E-state index < -0.39 is 0 Å². The summed E-state index contributed by atoms with van der Waals surface area (Å²) in [6.07, 6.45) is 8.28. The van der Waals surface area contributed by atoms with Crippen LogP contribution in [0.5, 0.6) is 0 Å². The van der Waals surface area contributed by atoms with Crippen molar-refractivity contribution in [3.05, 3.63) is 0 Å². The Kier molecular flexibility index (Phi) is 8.04. The molecule has 0 atom stereocenters. The topological polar surface area (TPSA) is 56.7 Å². The van der Waals surface area contributed by atoms with Gasteiger partial charge >= 0.3 is 0 Å². The Bertz CT molecular complexity index is 433. The molecule has 2 N–H and O–H groups in total. The maximum atomic E-state index is 11.5. The van der Waals surface area contributed by atoms with E-state index in [1.807, 2.05) is 7.05 Å². The van der Waals surface area contributed by atoms with Crippen molar-refractivity contribution in [2.75, 3.05) is 33.7 Å². The van der Waals surface area contributed by atoms with E-state index in [2.05, 4.69) is 34.4 Å². The zero-order valence-electron chi connectivity index (χ0n) is 16.7. The van der Waals surface area contributed by atoms with Gasteiger partial charge in [0.15, 0.2) is 5.96 Å². The Hall–Kier alpha value is -1.26. The summed E-state index contributed by atoms with van der Waals surface area (Å²) in [5, 5.41) is 6.35. The molecule has 0 aromatic carbocycles. The zero-order valence-corrected chi connectivity index (χ0v) is 16.7. The number of nitrogens with zero attached hydrogens (tertiary/aromatic N) is 2. The predicted octanol–water partition coefficient (Wildman–Crippen LogP) is 2.87. The van der Waals surface area contributed by atoms with Crippen LogP contribution in [0.1, 0.15) is 58.8 Å². The molecular formula is C20H38N4O. The van der Waals surface area contributed by atoms with E-state index in [9.17, 15) is 4.79 Å². The number of hydrogen-bond acceptors (Lipinski definition) is 2. The zero-order chi connectivity index (χ0) is 18.2. The Labute approximate surface area is 154 Å². The summed E-state index contributed by atoms with van der Waals surface area (Å²) in [6.45, 7) is 7.77. The lowest BCUT2D eigenvalue weighted by Crippen LogP contribution is -2.47. The highest BCUT2D eigenvalue weighted by molar-refractivity contribution is 5.80. The molecule has 0 bridgehead atoms. The summed E-state index contributed by atoms with van der Waals surface area (Å²) in [5.74, 6) is 4.27. The fourth-order valence-electron chi connectivity index (χ4n) is 4.34. The third-order valence-corrected chi connectivity index (χ3v) is 6.26. The maximum Gasteiger partial charge on any atom is 0.220 e. The van der Waals surface area contributed by atoms with Gasteiger partial charge in [0.1, 0.15) is 0 Å². The maximum absolute atomic E-state index is 11.5. The van der Waals surface area contributed by atoms with Gasteiger partial charge in [-0.3, -0.25) is 9.79 Å². The monoisotopic (exact) mass is 350 g/mol. The molecule has 5 heteroatoms. The van der Waals surface area contributed by atoms with Gasteiger partial charge in [-0.05, 0) is 62.2 Å². The molecule has 144 valence electrons. The lowest BCUT2D eigenvalue weighted by Gasteiger charge is -2.35. The molecule has 25 heavy (non-hydrogen) atoms. The van der Waals surface area contributed by atoms with Gasteiger partial charge in [0, 0.05) is 40.2 Å². The molecule has 1 saturated carbocycles. The number of aliphatic imine (C=N–C) groups is 1. The molecular weight excluding hydrogens is 312 g/mol. The van der Waals surface area contributed by atoms with Gasteiger partial charge in [0.25, 0.3) is 0 Å². The lowest BCUT2D eigenvalue weighted by atomic mass is 9.77. The van der Waals surface area contributed by atoms with E-state index in [1.54, 1.807) is 7.05 Å². The molecule has 0 unspecified atom stereocenters. The minimum Gasteiger partial charge on any atom is -0.359 e. The van der Waals surface area contributed by atoms with Crippen molar-refractivity contribution >= 4 is 11.9 Å². The largest absolute Gasteiger partial charge is 0.359 e. The molecule has 1 amide bonds. The smallest absolute Gasteiger partial charge is 0.220 e. The van der Waals surface area contributed by atoms with E-state index in [0.717, 1.165) is 56.2 Å². The number of guanidine groups is 1. The average molecular weight is 351 g/mol. The van der Waals surface area contributed by atoms with Gasteiger partial charge < -0.3 is 15.5 Å². The van der Waals surface area contributed by atoms with Crippen molar-refractivity contribution in [1.82, 2.24) is 15.5 Å². The van der Waals surface area contributed by atoms with Crippen molar-refractivity contribution < 1.29 is 4.79 Å². The molecule has 1 heterocycles. The number of hydrogen-bond donors (Lipinski definition) is 2. The van der Waals surface area contributed by atoms with Crippen molar-refractivity contribution in [1.29, 1.82) is 0 Å². The van der Waals surface area contributed by atoms with Crippen molar-refractivity contribution in [2.45, 2.75) is 58.8 Å². The van der Waals surface area contributed by atoms with Crippen molar-refractivity contribution in [3.63, 3.8) is 0 Å². The molecule has 0 spiro atoms. The van der Waals surface area contributed by atoms with Crippen LogP contribution in [0.4, 0.5) is 0 Å². The SMILES string of the molecule is CN=C(NCC1CCC(C(C)C)CC1)N1CCC(CC(=O)NC)CC1. The minimum atomic E-state index is 0.165. The molecule has 0 radical (unpaired) electrons. The second kappa shape index (κ2) is 10.0. The van der Waals surface area contributed by atoms with Gasteiger partial charge in [-0.25, -0.2) is 0 Å². The average Bonchev–Trinajstić information content (AvgIpc) is 2.63. The fraction of sp³-hybridized carbons (Fsp3) is 0.900. The number of rotatable bonds is 5. The van der Waals surface area contributed by atoms with Crippen LogP contribution in [0.15, 0.2) is 4.99 Å². The summed E-state index contributed by atoms with van der Waals surface area (Å²) in [5.41, 5.74) is 0. The van der Waals surface area contributed by atoms with Gasteiger partial charge in [-0.1, -0.05) is 13.8 Å². The second-order valence-corrected chi connectivity index (χ2v) is 8.26. The molecule has 5 nitrogen and oxygen atoms in total. The first-order valence-electron chi connectivity index (χ1n) is 10.2. The van der Waals surface area contributed by atoms with Gasteiger partial charge in [-0.15, -0.1) is 0 Å². The molecule has 2 rings (SSSR count). The van der Waals surface area contributed by atoms with E-state index in [0.29, 0.717) is 12.3 Å². The summed E-state index contributed by atoms with van der Waals surface area (Å²) >= 11 is 0. The summed E-state index contributed by atoms with van der Waals surface area (Å²) in [7, 11) is 3.60. The first kappa shape index (κ1) is 20.1. The van der Waals surface area contributed by atoms with E-state index >= 15 is 0 Å². The highest BCUT2D eigenvalue weighted by atomic mass is 16.1. The van der Waals surface area contributed by atoms with Crippen LogP contribution in [-0.4, -0.2) is 50.5 Å². The first-order chi connectivity index (χ1) is 12.0. The molecule has 0 aromatic rings. The standard InChI is InChI=1S/C20H38N4O/c1-15(2)18-7-5-17(6-8-18)14-23-20(22-4)24-11-9-16(10-12-24)13-19(25)21-3/h15-18H,5-14H2,1-4H3,(H,21,25)(H,22,23). The number of nitrogens with one attached hydrogen (secondary N) is 2. The molecule has 1 saturated heterocycles. The first-order valence-corrected chi connectivity index (χ1v) is 10.2. The number of likely N-dealkylation sites (tertiary alicyclic amines) is 1. The number of amides is 1. The number of carbonyl (C=O) groups is 1. The minimum absolute atomic E-state index is 0.165. The summed E-state index contributed by atoms with van der Waals surface area (Å²) < 4.78 is 0. The second-order valence-electron chi connectivity index (χ2n) is 8.26. The van der Waals surface area contributed by atoms with Crippen LogP contribution >= 0.6 is 0 Å². The normalized spacial score (nSPS) is 26.0. The van der Waals surface area contributed by atoms with Crippen molar-refractivity contribution in [2.24, 2.45) is 28.7 Å². The van der Waals surface area contributed by atoms with Gasteiger partial charge in [-0.2, -0.15) is 0 Å². The van der Waals surface area contributed by atoms with E-state index in [1.165, 1.54) is 25.7 Å². The highest BCUT2D eigenvalue weighted by Gasteiger charge is 2.25. The van der Waals surface area contributed by atoms with Crippen LogP contribution in [0.2, 0.25) is 0 Å². The van der Waals surface area contributed by atoms with E-state index in [-0.39, 0.29) is 5.91 Å². The Morgan fingerprint density at radius 2 is 1.72 bits per heavy atom. The van der Waals surface area contributed by atoms with Crippen LogP contribution in [-0.2, 0) is 4.79 Å². The Morgan fingerprint density at radius 3 is 2.24 bits per heavy atom. The molecule has 1 aliphatic carbocycles. The number of carbonyl (C=O) groups excluding carboxylic acids is 1. The van der Waals surface area contributed by atoms with Gasteiger partial charge in [0.05, 0.1) is 0 Å². The lowest BCUT2D eigenvalue weighted by molar-refractivity contribution is -0.121. The Morgan fingerprint density at radius 1 is 1.08 bits per heavy atom. The third-order valence-electron chi connectivity index (χ3n) is 6.26. The van der Waals surface area contributed by atoms with Crippen LogP contribution < -0.4 is 10.6 Å². The molecule has 0 aromatic heterocycles. The number of piperidine rings is 1. The highest BCUT2D eigenvalue weighted by Crippen LogP contribution is 2.32. The molecule has 2 fully saturated rings. The quantitative estimate of drug-likeness (QED) is 0.592. The predicted molar refractivity (Wildman–Crippen MR) is 105 cm³/mol.